The fraction of sp³-hybridized carbons (Fsp3) is 0.588. The molecule has 0 amide bonds. The summed E-state index contributed by atoms with van der Waals surface area (Å²) in [5, 5.41) is 0. The molecule has 0 spiro atoms. The van der Waals surface area contributed by atoms with E-state index in [4.69, 9.17) is 9.73 Å². The predicted molar refractivity (Wildman–Crippen MR) is 161 cm³/mol. The summed E-state index contributed by atoms with van der Waals surface area (Å²) < 4.78 is 5.37. The van der Waals surface area contributed by atoms with Crippen LogP contribution in [-0.2, 0) is 22.4 Å². The van der Waals surface area contributed by atoms with Crippen molar-refractivity contribution in [3.05, 3.63) is 71.8 Å². The third-order valence-electron chi connectivity index (χ3n) is 9.29. The van der Waals surface area contributed by atoms with E-state index in [-0.39, 0.29) is 12.0 Å². The molecule has 2 aromatic carbocycles. The fourth-order valence-electron chi connectivity index (χ4n) is 7.14. The van der Waals surface area contributed by atoms with E-state index in [2.05, 4.69) is 91.5 Å². The topological polar surface area (TPSA) is 45.1 Å². The molecule has 39 heavy (non-hydrogen) atoms. The summed E-state index contributed by atoms with van der Waals surface area (Å²) in [4.78, 5) is 22.9. The van der Waals surface area contributed by atoms with Crippen molar-refractivity contribution in [2.24, 2.45) is 16.8 Å². The standard InChI is InChI=1S/C34H49N3O2/c1-5-23-34(33(38)39-4)32(37(26-35-34)24-22-28-14-10-7-11-15-28)25-29-16-19-30(20-17-29)31(36(2)3)21-18-27-12-8-6-9-13-27/h6-15,26,29-32H,5,16-25H2,1-4H3. The highest BCUT2D eigenvalue weighted by atomic mass is 16.5. The highest BCUT2D eigenvalue weighted by Crippen LogP contribution is 2.41. The van der Waals surface area contributed by atoms with Crippen molar-refractivity contribution < 1.29 is 9.53 Å². The maximum absolute atomic E-state index is 13.2. The van der Waals surface area contributed by atoms with Gasteiger partial charge in [0.15, 0.2) is 5.54 Å². The van der Waals surface area contributed by atoms with Crippen molar-refractivity contribution in [1.82, 2.24) is 9.80 Å². The third kappa shape index (κ3) is 7.30. The molecule has 5 heteroatoms. The van der Waals surface area contributed by atoms with Gasteiger partial charge in [-0.15, -0.1) is 0 Å². The predicted octanol–water partition coefficient (Wildman–Crippen LogP) is 6.41. The zero-order chi connectivity index (χ0) is 27.7. The molecule has 2 aliphatic rings. The Labute approximate surface area is 236 Å². The number of nitrogens with zero attached hydrogens (tertiary/aromatic N) is 3. The van der Waals surface area contributed by atoms with E-state index in [1.165, 1.54) is 50.3 Å². The van der Waals surface area contributed by atoms with Crippen LogP contribution in [0.1, 0.15) is 69.4 Å². The molecule has 2 aromatic rings. The van der Waals surface area contributed by atoms with E-state index >= 15 is 0 Å². The number of hydrogen-bond donors (Lipinski definition) is 0. The molecule has 1 saturated carbocycles. The highest BCUT2D eigenvalue weighted by molar-refractivity contribution is 5.86. The second kappa shape index (κ2) is 14.1. The lowest BCUT2D eigenvalue weighted by Crippen LogP contribution is -2.53. The summed E-state index contributed by atoms with van der Waals surface area (Å²) >= 11 is 0. The van der Waals surface area contributed by atoms with Gasteiger partial charge in [-0.05, 0) is 82.0 Å². The van der Waals surface area contributed by atoms with E-state index < -0.39 is 5.54 Å². The number of aliphatic imine (C=N–C) groups is 1. The van der Waals surface area contributed by atoms with Gasteiger partial charge in [0.1, 0.15) is 0 Å². The minimum atomic E-state index is -0.779. The summed E-state index contributed by atoms with van der Waals surface area (Å²) in [6.07, 6.45) is 12.9. The van der Waals surface area contributed by atoms with Gasteiger partial charge < -0.3 is 14.5 Å². The molecule has 0 radical (unpaired) electrons. The Morgan fingerprint density at radius 3 is 2.18 bits per heavy atom. The first kappa shape index (κ1) is 29.3. The van der Waals surface area contributed by atoms with E-state index in [9.17, 15) is 4.79 Å². The van der Waals surface area contributed by atoms with E-state index in [0.717, 1.165) is 44.6 Å². The van der Waals surface area contributed by atoms with Crippen LogP contribution in [0.3, 0.4) is 0 Å². The van der Waals surface area contributed by atoms with Gasteiger partial charge >= 0.3 is 5.97 Å². The highest BCUT2D eigenvalue weighted by Gasteiger charge is 2.52. The average Bonchev–Trinajstić information content (AvgIpc) is 3.31. The van der Waals surface area contributed by atoms with Gasteiger partial charge in [0.2, 0.25) is 0 Å². The number of methoxy groups -OCH3 is 1. The van der Waals surface area contributed by atoms with Gasteiger partial charge in [-0.25, -0.2) is 4.79 Å². The molecule has 3 unspecified atom stereocenters. The fourth-order valence-corrected chi connectivity index (χ4v) is 7.14. The van der Waals surface area contributed by atoms with Crippen LogP contribution in [0.15, 0.2) is 65.7 Å². The van der Waals surface area contributed by atoms with Gasteiger partial charge in [-0.3, -0.25) is 4.99 Å². The van der Waals surface area contributed by atoms with Crippen molar-refractivity contribution in [3.8, 4) is 0 Å². The Balaban J connectivity index is 1.41. The summed E-state index contributed by atoms with van der Waals surface area (Å²) in [6, 6.07) is 22.2. The lowest BCUT2D eigenvalue weighted by Gasteiger charge is -2.41. The number of hydrogen-bond acceptors (Lipinski definition) is 5. The molecule has 5 nitrogen and oxygen atoms in total. The maximum Gasteiger partial charge on any atom is 0.335 e. The molecule has 1 fully saturated rings. The van der Waals surface area contributed by atoms with E-state index in [1.807, 2.05) is 6.34 Å². The van der Waals surface area contributed by atoms with Crippen molar-refractivity contribution in [2.45, 2.75) is 88.8 Å². The number of esters is 1. The molecule has 1 aliphatic carbocycles. The minimum Gasteiger partial charge on any atom is -0.467 e. The Hall–Kier alpha value is -2.66. The molecule has 1 aliphatic heterocycles. The summed E-state index contributed by atoms with van der Waals surface area (Å²) in [6.45, 7) is 3.02. The van der Waals surface area contributed by atoms with Gasteiger partial charge in [0.25, 0.3) is 0 Å². The van der Waals surface area contributed by atoms with Crippen LogP contribution < -0.4 is 0 Å². The molecule has 0 N–H and O–H groups in total. The summed E-state index contributed by atoms with van der Waals surface area (Å²) in [7, 11) is 6.01. The molecule has 0 saturated heterocycles. The third-order valence-corrected chi connectivity index (χ3v) is 9.29. The van der Waals surface area contributed by atoms with Gasteiger partial charge in [-0.1, -0.05) is 86.8 Å². The molecule has 3 atom stereocenters. The smallest absolute Gasteiger partial charge is 0.335 e. The second-order valence-electron chi connectivity index (χ2n) is 12.0. The SMILES string of the molecule is CCCC1(C(=O)OC)N=CN(CCc2ccccc2)C1CC1CCC(C(CCc2ccccc2)N(C)C)CC1. The lowest BCUT2D eigenvalue weighted by atomic mass is 9.72. The molecular formula is C34H49N3O2. The number of ether oxygens (including phenoxy) is 1. The first-order chi connectivity index (χ1) is 19.0. The zero-order valence-corrected chi connectivity index (χ0v) is 24.6. The lowest BCUT2D eigenvalue weighted by molar-refractivity contribution is -0.149. The Morgan fingerprint density at radius 1 is 1.00 bits per heavy atom. The molecule has 1 heterocycles. The quantitative estimate of drug-likeness (QED) is 0.280. The summed E-state index contributed by atoms with van der Waals surface area (Å²) in [5.74, 6) is 1.18. The van der Waals surface area contributed by atoms with E-state index in [1.54, 1.807) is 0 Å². The Bertz CT molecular complexity index is 1030. The van der Waals surface area contributed by atoms with Crippen molar-refractivity contribution in [2.75, 3.05) is 27.7 Å². The van der Waals surface area contributed by atoms with Crippen LogP contribution in [0.4, 0.5) is 0 Å². The first-order valence-electron chi connectivity index (χ1n) is 15.1. The van der Waals surface area contributed by atoms with Crippen molar-refractivity contribution >= 4 is 12.3 Å². The number of carbonyl (C=O) groups is 1. The number of benzene rings is 2. The summed E-state index contributed by atoms with van der Waals surface area (Å²) in [5.41, 5.74) is 1.98. The monoisotopic (exact) mass is 531 g/mol. The molecule has 0 aromatic heterocycles. The van der Waals surface area contributed by atoms with Crippen LogP contribution >= 0.6 is 0 Å². The zero-order valence-electron chi connectivity index (χ0n) is 24.6. The first-order valence-corrected chi connectivity index (χ1v) is 15.1. The molecule has 4 rings (SSSR count). The molecule has 0 bridgehead atoms. The largest absolute Gasteiger partial charge is 0.467 e. The minimum absolute atomic E-state index is 0.0675. The van der Waals surface area contributed by atoms with Crippen LogP contribution in [-0.4, -0.2) is 67.5 Å². The number of carbonyl (C=O) groups excluding carboxylic acids is 1. The maximum atomic E-state index is 13.2. The number of aryl methyl sites for hydroxylation is 1. The second-order valence-corrected chi connectivity index (χ2v) is 12.0. The van der Waals surface area contributed by atoms with Gasteiger partial charge in [0, 0.05) is 12.6 Å². The van der Waals surface area contributed by atoms with E-state index in [0.29, 0.717) is 12.0 Å². The average molecular weight is 532 g/mol. The molecule has 212 valence electrons. The van der Waals surface area contributed by atoms with Gasteiger partial charge in [-0.2, -0.15) is 0 Å². The van der Waals surface area contributed by atoms with Gasteiger partial charge in [0.05, 0.1) is 19.5 Å². The van der Waals surface area contributed by atoms with Crippen LogP contribution in [0.5, 0.6) is 0 Å². The van der Waals surface area contributed by atoms with Crippen LogP contribution in [0.2, 0.25) is 0 Å². The van der Waals surface area contributed by atoms with Crippen molar-refractivity contribution in [3.63, 3.8) is 0 Å². The van der Waals surface area contributed by atoms with Crippen LogP contribution in [0.25, 0.3) is 0 Å². The van der Waals surface area contributed by atoms with Crippen LogP contribution in [0, 0.1) is 11.8 Å². The number of rotatable bonds is 13. The normalized spacial score (nSPS) is 25.7. The Kier molecular flexibility index (Phi) is 10.6. The van der Waals surface area contributed by atoms with Crippen molar-refractivity contribution in [1.29, 1.82) is 0 Å². The molecular weight excluding hydrogens is 482 g/mol. The Morgan fingerprint density at radius 2 is 1.62 bits per heavy atom.